The van der Waals surface area contributed by atoms with Crippen LogP contribution in [0.15, 0.2) is 60.7 Å². The van der Waals surface area contributed by atoms with Crippen molar-refractivity contribution in [3.05, 3.63) is 77.6 Å². The first kappa shape index (κ1) is 19.9. The second-order valence-electron chi connectivity index (χ2n) is 7.64. The van der Waals surface area contributed by atoms with Crippen molar-refractivity contribution in [2.45, 2.75) is 39.2 Å². The van der Waals surface area contributed by atoms with E-state index in [-0.39, 0.29) is 18.6 Å². The number of amides is 1. The van der Waals surface area contributed by atoms with Gasteiger partial charge in [-0.1, -0.05) is 36.4 Å². The molecule has 0 N–H and O–H groups in total. The summed E-state index contributed by atoms with van der Waals surface area (Å²) in [5.41, 5.74) is 3.99. The Morgan fingerprint density at radius 3 is 2.37 bits per heavy atom. The number of para-hydroxylation sites is 2. The minimum atomic E-state index is -0.548. The second kappa shape index (κ2) is 8.53. The summed E-state index contributed by atoms with van der Waals surface area (Å²) in [6.07, 6.45) is 2.65. The van der Waals surface area contributed by atoms with E-state index in [1.165, 1.54) is 0 Å². The van der Waals surface area contributed by atoms with Gasteiger partial charge in [-0.05, 0) is 57.4 Å². The molecular weight excluding hydrogens is 378 g/mol. The Morgan fingerprint density at radius 2 is 1.70 bits per heavy atom. The number of fused-ring (bicyclic) bond motifs is 1. The number of aromatic nitrogens is 2. The lowest BCUT2D eigenvalue weighted by atomic mass is 10.2. The monoisotopic (exact) mass is 403 g/mol. The molecule has 6 nitrogen and oxygen atoms in total. The van der Waals surface area contributed by atoms with Crippen LogP contribution in [-0.4, -0.2) is 34.3 Å². The lowest BCUT2D eigenvalue weighted by Crippen LogP contribution is -2.40. The smallest absolute Gasteiger partial charge is 0.359 e. The van der Waals surface area contributed by atoms with Crippen LogP contribution < -0.4 is 4.90 Å². The van der Waals surface area contributed by atoms with E-state index in [0.29, 0.717) is 5.69 Å². The molecule has 0 fully saturated rings. The van der Waals surface area contributed by atoms with E-state index in [9.17, 15) is 9.59 Å². The second-order valence-corrected chi connectivity index (χ2v) is 7.64. The minimum absolute atomic E-state index is 0.0554. The Morgan fingerprint density at radius 1 is 1.03 bits per heavy atom. The molecule has 2 aromatic carbocycles. The maximum absolute atomic E-state index is 12.8. The summed E-state index contributed by atoms with van der Waals surface area (Å²) in [6.45, 7) is 3.54. The third-order valence-corrected chi connectivity index (χ3v) is 5.27. The molecule has 0 aliphatic heterocycles. The summed E-state index contributed by atoms with van der Waals surface area (Å²) in [7, 11) is 0. The Bertz CT molecular complexity index is 1040. The third kappa shape index (κ3) is 3.85. The summed E-state index contributed by atoms with van der Waals surface area (Å²) >= 11 is 0. The van der Waals surface area contributed by atoms with Crippen molar-refractivity contribution in [1.82, 2.24) is 9.78 Å². The quantitative estimate of drug-likeness (QED) is 0.585. The molecule has 6 heteroatoms. The maximum Gasteiger partial charge on any atom is 0.359 e. The molecule has 0 atom stereocenters. The van der Waals surface area contributed by atoms with Gasteiger partial charge in [-0.15, -0.1) is 0 Å². The summed E-state index contributed by atoms with van der Waals surface area (Å²) < 4.78 is 7.24. The van der Waals surface area contributed by atoms with Gasteiger partial charge in [-0.3, -0.25) is 4.79 Å². The fraction of sp³-hybridized carbons (Fsp3) is 0.292. The van der Waals surface area contributed by atoms with Crippen LogP contribution in [0.1, 0.15) is 42.0 Å². The molecule has 0 radical (unpaired) electrons. The molecule has 3 aromatic rings. The van der Waals surface area contributed by atoms with E-state index in [1.807, 2.05) is 79.2 Å². The van der Waals surface area contributed by atoms with Gasteiger partial charge in [0, 0.05) is 23.0 Å². The van der Waals surface area contributed by atoms with Crippen LogP contribution in [0.2, 0.25) is 0 Å². The van der Waals surface area contributed by atoms with Gasteiger partial charge >= 0.3 is 5.97 Å². The molecule has 0 spiro atoms. The highest BCUT2D eigenvalue weighted by Crippen LogP contribution is 2.28. The molecule has 1 aliphatic carbocycles. The van der Waals surface area contributed by atoms with E-state index >= 15 is 0 Å². The number of carbonyl (C=O) groups is 2. The van der Waals surface area contributed by atoms with Gasteiger partial charge in [0.15, 0.2) is 12.3 Å². The van der Waals surface area contributed by atoms with Crippen molar-refractivity contribution in [3.8, 4) is 5.69 Å². The van der Waals surface area contributed by atoms with Gasteiger partial charge in [-0.2, -0.15) is 5.10 Å². The number of nitrogens with zero attached hydrogens (tertiary/aromatic N) is 3. The fourth-order valence-corrected chi connectivity index (χ4v) is 3.97. The van der Waals surface area contributed by atoms with Crippen molar-refractivity contribution in [2.24, 2.45) is 0 Å². The molecule has 0 unspecified atom stereocenters. The molecular formula is C24H25N3O3. The third-order valence-electron chi connectivity index (χ3n) is 5.27. The number of anilines is 1. The molecule has 0 bridgehead atoms. The normalized spacial score (nSPS) is 12.6. The zero-order valence-corrected chi connectivity index (χ0v) is 17.2. The van der Waals surface area contributed by atoms with E-state index in [4.69, 9.17) is 4.74 Å². The molecule has 1 amide bonds. The first-order valence-corrected chi connectivity index (χ1v) is 10.3. The number of hydrogen-bond acceptors (Lipinski definition) is 4. The predicted molar refractivity (Wildman–Crippen MR) is 115 cm³/mol. The van der Waals surface area contributed by atoms with Crippen LogP contribution in [-0.2, 0) is 22.4 Å². The summed E-state index contributed by atoms with van der Waals surface area (Å²) in [5, 5.41) is 4.54. The van der Waals surface area contributed by atoms with E-state index in [1.54, 1.807) is 4.90 Å². The number of benzene rings is 2. The maximum atomic E-state index is 12.8. The summed E-state index contributed by atoms with van der Waals surface area (Å²) in [6, 6.07) is 19.1. The number of ether oxygens (including phenoxy) is 1. The van der Waals surface area contributed by atoms with Gasteiger partial charge in [0.25, 0.3) is 5.91 Å². The van der Waals surface area contributed by atoms with Gasteiger partial charge in [0.05, 0.1) is 5.69 Å². The van der Waals surface area contributed by atoms with Crippen LogP contribution in [0.25, 0.3) is 5.69 Å². The Balaban J connectivity index is 1.52. The zero-order valence-electron chi connectivity index (χ0n) is 17.2. The van der Waals surface area contributed by atoms with Crippen LogP contribution in [0.5, 0.6) is 0 Å². The highest BCUT2D eigenvalue weighted by atomic mass is 16.5. The first-order chi connectivity index (χ1) is 14.6. The molecule has 0 saturated heterocycles. The van der Waals surface area contributed by atoms with Crippen molar-refractivity contribution < 1.29 is 14.3 Å². The Labute approximate surface area is 176 Å². The van der Waals surface area contributed by atoms with Crippen LogP contribution in [0.4, 0.5) is 5.69 Å². The van der Waals surface area contributed by atoms with Gasteiger partial charge in [0.2, 0.25) is 0 Å². The van der Waals surface area contributed by atoms with Crippen molar-refractivity contribution in [3.63, 3.8) is 0 Å². The van der Waals surface area contributed by atoms with Crippen molar-refractivity contribution in [1.29, 1.82) is 0 Å². The van der Waals surface area contributed by atoms with Gasteiger partial charge < -0.3 is 9.64 Å². The SMILES string of the molecule is CC(C)N(C(=O)COC(=O)c1nn(-c2ccccc2)c2c1CCC2)c1ccccc1. The summed E-state index contributed by atoms with van der Waals surface area (Å²) in [4.78, 5) is 27.3. The highest BCUT2D eigenvalue weighted by Gasteiger charge is 2.29. The minimum Gasteiger partial charge on any atom is -0.451 e. The predicted octanol–water partition coefficient (Wildman–Crippen LogP) is 3.96. The molecule has 0 saturated carbocycles. The first-order valence-electron chi connectivity index (χ1n) is 10.3. The molecule has 1 aromatic heterocycles. The van der Waals surface area contributed by atoms with Crippen LogP contribution in [0, 0.1) is 0 Å². The zero-order chi connectivity index (χ0) is 21.1. The number of esters is 1. The average Bonchev–Trinajstić information content (AvgIpc) is 3.36. The number of rotatable bonds is 6. The topological polar surface area (TPSA) is 64.4 Å². The fourth-order valence-electron chi connectivity index (χ4n) is 3.97. The number of hydrogen-bond donors (Lipinski definition) is 0. The van der Waals surface area contributed by atoms with E-state index in [0.717, 1.165) is 41.9 Å². The molecule has 4 rings (SSSR count). The van der Waals surface area contributed by atoms with Gasteiger partial charge in [-0.25, -0.2) is 9.48 Å². The van der Waals surface area contributed by atoms with Crippen molar-refractivity contribution >= 4 is 17.6 Å². The van der Waals surface area contributed by atoms with Gasteiger partial charge in [0.1, 0.15) is 0 Å². The van der Waals surface area contributed by atoms with E-state index < -0.39 is 5.97 Å². The molecule has 1 heterocycles. The van der Waals surface area contributed by atoms with Crippen LogP contribution in [0.3, 0.4) is 0 Å². The molecule has 30 heavy (non-hydrogen) atoms. The highest BCUT2D eigenvalue weighted by molar-refractivity contribution is 5.97. The van der Waals surface area contributed by atoms with Crippen LogP contribution >= 0.6 is 0 Å². The largest absolute Gasteiger partial charge is 0.451 e. The molecule has 1 aliphatic rings. The summed E-state index contributed by atoms with van der Waals surface area (Å²) in [5.74, 6) is -0.809. The molecule has 154 valence electrons. The van der Waals surface area contributed by atoms with E-state index in [2.05, 4.69) is 5.10 Å². The Hall–Kier alpha value is -3.41. The lowest BCUT2D eigenvalue weighted by molar-refractivity contribution is -0.122. The standard InChI is InChI=1S/C24H25N3O3/c1-17(2)26(18-10-5-3-6-11-18)22(28)16-30-24(29)23-20-14-9-15-21(20)27(25-23)19-12-7-4-8-13-19/h3-8,10-13,17H,9,14-16H2,1-2H3. The lowest BCUT2D eigenvalue weighted by Gasteiger charge is -2.26. The van der Waals surface area contributed by atoms with Crippen molar-refractivity contribution in [2.75, 3.05) is 11.5 Å². The Kier molecular flexibility index (Phi) is 5.65. The average molecular weight is 403 g/mol. The number of carbonyl (C=O) groups excluding carboxylic acids is 2.